The summed E-state index contributed by atoms with van der Waals surface area (Å²) in [6, 6.07) is 1.55. The highest BCUT2D eigenvalue weighted by Crippen LogP contribution is 2.26. The molecule has 4 aromatic rings. The molecule has 10 heteroatoms. The number of aromatic nitrogens is 6. The van der Waals surface area contributed by atoms with E-state index in [0.29, 0.717) is 28.5 Å². The zero-order valence-corrected chi connectivity index (χ0v) is 12.5. The van der Waals surface area contributed by atoms with Crippen LogP contribution in [-0.4, -0.2) is 34.8 Å². The van der Waals surface area contributed by atoms with Crippen LogP contribution in [0.1, 0.15) is 5.69 Å². The van der Waals surface area contributed by atoms with Crippen LogP contribution in [0.2, 0.25) is 0 Å². The smallest absolute Gasteiger partial charge is 0.198 e. The molecule has 0 fully saturated rings. The molecule has 0 aliphatic rings. The van der Waals surface area contributed by atoms with E-state index < -0.39 is 0 Å². The van der Waals surface area contributed by atoms with Gasteiger partial charge < -0.3 is 16.2 Å². The zero-order valence-electron chi connectivity index (χ0n) is 12.5. The molecule has 0 unspecified atom stereocenters. The van der Waals surface area contributed by atoms with Crippen molar-refractivity contribution >= 4 is 23.0 Å². The molecule has 0 aliphatic heterocycles. The Hall–Kier alpha value is -3.69. The summed E-state index contributed by atoms with van der Waals surface area (Å²) in [6.07, 6.45) is 6.32. The molecule has 0 saturated carbocycles. The molecule has 0 aliphatic carbocycles. The number of nitrogens with one attached hydrogen (secondary N) is 1. The Bertz CT molecular complexity index is 1040. The number of aromatic hydroxyl groups is 1. The summed E-state index contributed by atoms with van der Waals surface area (Å²) < 4.78 is 6.47. The third-order valence-corrected chi connectivity index (χ3v) is 3.48. The minimum Gasteiger partial charge on any atom is -0.506 e. The van der Waals surface area contributed by atoms with Gasteiger partial charge >= 0.3 is 0 Å². The number of fused-ring (bicyclic) bond motifs is 1. The average molecular weight is 324 g/mol. The molecule has 0 atom stereocenters. The van der Waals surface area contributed by atoms with Gasteiger partial charge in [-0.2, -0.15) is 0 Å². The lowest BCUT2D eigenvalue weighted by Gasteiger charge is -2.06. The van der Waals surface area contributed by atoms with Gasteiger partial charge in [0.2, 0.25) is 0 Å². The molecule has 120 valence electrons. The normalized spacial score (nSPS) is 11.0. The van der Waals surface area contributed by atoms with E-state index >= 15 is 0 Å². The summed E-state index contributed by atoms with van der Waals surface area (Å²) in [5, 5.41) is 19.9. The van der Waals surface area contributed by atoms with Crippen molar-refractivity contribution in [3.8, 4) is 17.1 Å². The maximum Gasteiger partial charge on any atom is 0.198 e. The van der Waals surface area contributed by atoms with Crippen LogP contribution in [0.3, 0.4) is 0 Å². The summed E-state index contributed by atoms with van der Waals surface area (Å²) in [4.78, 5) is 12.7. The lowest BCUT2D eigenvalue weighted by Crippen LogP contribution is -1.98. The minimum atomic E-state index is 0.0659. The molecular formula is C14H12N8O2. The Kier molecular flexibility index (Phi) is 3.02. The average Bonchev–Trinajstić information content (AvgIpc) is 3.11. The Labute approximate surface area is 135 Å². The van der Waals surface area contributed by atoms with Gasteiger partial charge in [0.25, 0.3) is 0 Å². The van der Waals surface area contributed by atoms with Crippen LogP contribution in [0.4, 0.5) is 17.3 Å². The molecule has 4 N–H and O–H groups in total. The topological polar surface area (TPSA) is 140 Å². The van der Waals surface area contributed by atoms with Gasteiger partial charge in [0.15, 0.2) is 17.2 Å². The second-order valence-corrected chi connectivity index (χ2v) is 5.10. The number of nitrogen functional groups attached to an aromatic ring is 1. The molecule has 0 saturated heterocycles. The lowest BCUT2D eigenvalue weighted by molar-refractivity contribution is 0.310. The third-order valence-electron chi connectivity index (χ3n) is 3.48. The second kappa shape index (κ2) is 5.19. The van der Waals surface area contributed by atoms with E-state index in [1.165, 1.54) is 6.20 Å². The summed E-state index contributed by atoms with van der Waals surface area (Å²) in [7, 11) is 0. The Morgan fingerprint density at radius 1 is 1.21 bits per heavy atom. The maximum atomic E-state index is 9.47. The zero-order chi connectivity index (χ0) is 16.7. The number of nitrogens with two attached hydrogens (primary N) is 1. The van der Waals surface area contributed by atoms with Crippen molar-refractivity contribution in [2.24, 2.45) is 0 Å². The monoisotopic (exact) mass is 324 g/mol. The third kappa shape index (κ3) is 2.26. The summed E-state index contributed by atoms with van der Waals surface area (Å²) in [6.45, 7) is 1.88. The second-order valence-electron chi connectivity index (χ2n) is 5.10. The predicted octanol–water partition coefficient (Wildman–Crippen LogP) is 1.51. The first-order valence-corrected chi connectivity index (χ1v) is 6.96. The first-order chi connectivity index (χ1) is 11.6. The number of imidazole rings is 1. The molecular weight excluding hydrogens is 312 g/mol. The van der Waals surface area contributed by atoms with Crippen molar-refractivity contribution in [1.82, 2.24) is 29.7 Å². The van der Waals surface area contributed by atoms with Crippen molar-refractivity contribution < 1.29 is 9.74 Å². The number of hydrogen-bond acceptors (Lipinski definition) is 9. The first kappa shape index (κ1) is 13.9. The molecule has 0 spiro atoms. The SMILES string of the molecule is Cc1c(-c2nonc2N)nc2cnc(Nc3cncc(O)c3)cn12. The lowest BCUT2D eigenvalue weighted by atomic mass is 10.2. The fourth-order valence-corrected chi connectivity index (χ4v) is 2.36. The van der Waals surface area contributed by atoms with Gasteiger partial charge in [-0.05, 0) is 17.2 Å². The van der Waals surface area contributed by atoms with Gasteiger partial charge in [0, 0.05) is 11.8 Å². The fourth-order valence-electron chi connectivity index (χ4n) is 2.36. The van der Waals surface area contributed by atoms with Crippen LogP contribution >= 0.6 is 0 Å². The number of rotatable bonds is 3. The van der Waals surface area contributed by atoms with E-state index in [2.05, 4.69) is 35.2 Å². The van der Waals surface area contributed by atoms with Crippen LogP contribution in [0, 0.1) is 6.92 Å². The van der Waals surface area contributed by atoms with Crippen LogP contribution in [0.15, 0.2) is 35.5 Å². The van der Waals surface area contributed by atoms with Gasteiger partial charge in [-0.1, -0.05) is 0 Å². The van der Waals surface area contributed by atoms with Crippen LogP contribution < -0.4 is 11.1 Å². The van der Waals surface area contributed by atoms with Crippen LogP contribution in [-0.2, 0) is 0 Å². The highest BCUT2D eigenvalue weighted by Gasteiger charge is 2.18. The van der Waals surface area contributed by atoms with Crippen molar-refractivity contribution in [3.63, 3.8) is 0 Å². The Morgan fingerprint density at radius 3 is 2.83 bits per heavy atom. The highest BCUT2D eigenvalue weighted by molar-refractivity contribution is 5.71. The van der Waals surface area contributed by atoms with Gasteiger partial charge in [0.05, 0.1) is 30.5 Å². The van der Waals surface area contributed by atoms with Crippen molar-refractivity contribution in [3.05, 3.63) is 36.5 Å². The van der Waals surface area contributed by atoms with E-state index in [0.717, 1.165) is 5.69 Å². The number of anilines is 3. The standard InChI is InChI=1S/C14H12N8O2/c1-7-12(13-14(15)21-24-20-13)19-11-5-17-10(6-22(7)11)18-8-2-9(23)4-16-3-8/h2-6,18,23H,1H3,(H2,15,21). The van der Waals surface area contributed by atoms with Crippen molar-refractivity contribution in [1.29, 1.82) is 0 Å². The molecule has 4 rings (SSSR count). The largest absolute Gasteiger partial charge is 0.506 e. The van der Waals surface area contributed by atoms with Crippen molar-refractivity contribution in [2.45, 2.75) is 6.92 Å². The quantitative estimate of drug-likeness (QED) is 0.511. The molecule has 0 aromatic carbocycles. The van der Waals surface area contributed by atoms with Gasteiger partial charge in [-0.15, -0.1) is 0 Å². The van der Waals surface area contributed by atoms with Crippen molar-refractivity contribution in [2.75, 3.05) is 11.1 Å². The first-order valence-electron chi connectivity index (χ1n) is 6.96. The van der Waals surface area contributed by atoms with Crippen LogP contribution in [0.5, 0.6) is 5.75 Å². The van der Waals surface area contributed by atoms with E-state index in [1.54, 1.807) is 24.7 Å². The van der Waals surface area contributed by atoms with E-state index in [1.807, 2.05) is 11.3 Å². The molecule has 0 amide bonds. The number of hydrogen-bond donors (Lipinski definition) is 3. The van der Waals surface area contributed by atoms with E-state index in [4.69, 9.17) is 5.73 Å². The molecule has 0 bridgehead atoms. The van der Waals surface area contributed by atoms with E-state index in [-0.39, 0.29) is 11.6 Å². The fraction of sp³-hybridized carbons (Fsp3) is 0.0714. The summed E-state index contributed by atoms with van der Waals surface area (Å²) >= 11 is 0. The van der Waals surface area contributed by atoms with Crippen LogP contribution in [0.25, 0.3) is 17.0 Å². The molecule has 4 heterocycles. The molecule has 0 radical (unpaired) electrons. The highest BCUT2D eigenvalue weighted by atomic mass is 16.6. The van der Waals surface area contributed by atoms with Gasteiger partial charge in [-0.3, -0.25) is 9.38 Å². The maximum absolute atomic E-state index is 9.47. The number of pyridine rings is 1. The minimum absolute atomic E-state index is 0.0659. The number of aryl methyl sites for hydroxylation is 1. The number of nitrogens with zero attached hydrogens (tertiary/aromatic N) is 6. The molecule has 10 nitrogen and oxygen atoms in total. The van der Waals surface area contributed by atoms with Gasteiger partial charge in [0.1, 0.15) is 17.3 Å². The van der Waals surface area contributed by atoms with Gasteiger partial charge in [-0.25, -0.2) is 14.6 Å². The molecule has 24 heavy (non-hydrogen) atoms. The summed E-state index contributed by atoms with van der Waals surface area (Å²) in [5.41, 5.74) is 8.76. The van der Waals surface area contributed by atoms with E-state index in [9.17, 15) is 5.11 Å². The summed E-state index contributed by atoms with van der Waals surface area (Å²) in [5.74, 6) is 0.808. The Morgan fingerprint density at radius 2 is 2.08 bits per heavy atom. The predicted molar refractivity (Wildman–Crippen MR) is 84.6 cm³/mol. The molecule has 4 aromatic heterocycles. The Balaban J connectivity index is 1.76.